The fourth-order valence-electron chi connectivity index (χ4n) is 4.41. The van der Waals surface area contributed by atoms with Crippen molar-refractivity contribution < 1.29 is 19.4 Å². The van der Waals surface area contributed by atoms with Crippen molar-refractivity contribution in [1.29, 1.82) is 0 Å². The third-order valence-corrected chi connectivity index (χ3v) is 7.06. The molecule has 6 nitrogen and oxygen atoms in total. The number of hydrogen-bond acceptors (Lipinski definition) is 5. The Morgan fingerprint density at radius 3 is 2.14 bits per heavy atom. The lowest BCUT2D eigenvalue weighted by Crippen LogP contribution is -2.29. The molecule has 36 heavy (non-hydrogen) atoms. The molecule has 0 saturated carbocycles. The average molecular weight is 525 g/mol. The molecule has 1 fully saturated rings. The van der Waals surface area contributed by atoms with Crippen molar-refractivity contribution in [2.75, 3.05) is 30.0 Å². The van der Waals surface area contributed by atoms with Gasteiger partial charge in [-0.2, -0.15) is 0 Å². The molecule has 1 amide bonds. The number of halogens is 2. The van der Waals surface area contributed by atoms with Crippen molar-refractivity contribution in [3.05, 3.63) is 93.5 Å². The summed E-state index contributed by atoms with van der Waals surface area (Å²) in [6, 6.07) is 18.2. The number of anilines is 2. The van der Waals surface area contributed by atoms with E-state index in [9.17, 15) is 14.7 Å². The van der Waals surface area contributed by atoms with Gasteiger partial charge in [-0.3, -0.25) is 14.5 Å². The van der Waals surface area contributed by atoms with Crippen molar-refractivity contribution in [2.24, 2.45) is 0 Å². The Bertz CT molecular complexity index is 1320. The highest BCUT2D eigenvalue weighted by Crippen LogP contribution is 2.43. The molecule has 1 atom stereocenters. The Labute approximate surface area is 220 Å². The highest BCUT2D eigenvalue weighted by atomic mass is 35.5. The monoisotopic (exact) mass is 524 g/mol. The standard InChI is InChI=1S/C28H26Cl2N2O4/c1-4-31(5-2)19-9-6-17(7-10-19)25-24(26(33)18-8-15-22(29)23(30)16-18)27(34)28(35)32(25)20-11-13-21(36-3)14-12-20/h6-16,25,33H,4-5H2,1-3H3/b26-24-. The molecule has 1 N–H and O–H groups in total. The fraction of sp³-hybridized carbons (Fsp3) is 0.214. The van der Waals surface area contributed by atoms with Gasteiger partial charge in [-0.15, -0.1) is 0 Å². The first-order valence-electron chi connectivity index (χ1n) is 11.6. The van der Waals surface area contributed by atoms with Crippen molar-refractivity contribution in [3.63, 3.8) is 0 Å². The summed E-state index contributed by atoms with van der Waals surface area (Å²) in [4.78, 5) is 30.2. The van der Waals surface area contributed by atoms with E-state index in [0.717, 1.165) is 18.8 Å². The molecule has 0 bridgehead atoms. The van der Waals surface area contributed by atoms with E-state index in [2.05, 4.69) is 18.7 Å². The molecular formula is C28H26Cl2N2O4. The van der Waals surface area contributed by atoms with Crippen LogP contribution in [-0.2, 0) is 9.59 Å². The van der Waals surface area contributed by atoms with Crippen molar-refractivity contribution in [1.82, 2.24) is 0 Å². The van der Waals surface area contributed by atoms with Crippen LogP contribution < -0.4 is 14.5 Å². The first kappa shape index (κ1) is 25.6. The van der Waals surface area contributed by atoms with Gasteiger partial charge in [-0.25, -0.2) is 0 Å². The number of nitrogens with zero attached hydrogens (tertiary/aromatic N) is 2. The molecule has 3 aromatic carbocycles. The molecule has 0 aromatic heterocycles. The zero-order valence-electron chi connectivity index (χ0n) is 20.2. The van der Waals surface area contributed by atoms with Crippen LogP contribution in [0.5, 0.6) is 5.75 Å². The minimum Gasteiger partial charge on any atom is -0.507 e. The van der Waals surface area contributed by atoms with Gasteiger partial charge in [0.1, 0.15) is 11.5 Å². The third-order valence-electron chi connectivity index (χ3n) is 6.33. The summed E-state index contributed by atoms with van der Waals surface area (Å²) >= 11 is 12.2. The molecule has 0 spiro atoms. The highest BCUT2D eigenvalue weighted by Gasteiger charge is 2.47. The Hall–Kier alpha value is -3.48. The largest absolute Gasteiger partial charge is 0.507 e. The van der Waals surface area contributed by atoms with Crippen LogP contribution in [0, 0.1) is 0 Å². The van der Waals surface area contributed by atoms with Gasteiger partial charge in [0.2, 0.25) is 0 Å². The normalized spacial score (nSPS) is 16.9. The zero-order chi connectivity index (χ0) is 26.0. The van der Waals surface area contributed by atoms with Crippen LogP contribution in [0.3, 0.4) is 0 Å². The number of ketones is 1. The number of rotatable bonds is 7. The molecule has 8 heteroatoms. The van der Waals surface area contributed by atoms with E-state index in [4.69, 9.17) is 27.9 Å². The van der Waals surface area contributed by atoms with Crippen molar-refractivity contribution in [2.45, 2.75) is 19.9 Å². The maximum atomic E-state index is 13.3. The zero-order valence-corrected chi connectivity index (χ0v) is 21.7. The number of benzene rings is 3. The number of methoxy groups -OCH3 is 1. The molecule has 186 valence electrons. The van der Waals surface area contributed by atoms with Gasteiger partial charge in [0.05, 0.1) is 28.8 Å². The molecule has 1 unspecified atom stereocenters. The summed E-state index contributed by atoms with van der Waals surface area (Å²) in [5.74, 6) is -1.22. The summed E-state index contributed by atoms with van der Waals surface area (Å²) in [5.41, 5.74) is 2.48. The van der Waals surface area contributed by atoms with E-state index in [0.29, 0.717) is 27.6 Å². The van der Waals surface area contributed by atoms with Gasteiger partial charge in [0.15, 0.2) is 0 Å². The second-order valence-electron chi connectivity index (χ2n) is 8.26. The van der Waals surface area contributed by atoms with E-state index in [1.807, 2.05) is 24.3 Å². The quantitative estimate of drug-likeness (QED) is 0.217. The predicted molar refractivity (Wildman–Crippen MR) is 144 cm³/mol. The number of carbonyl (C=O) groups excluding carboxylic acids is 2. The second kappa shape index (κ2) is 10.6. The number of ether oxygens (including phenoxy) is 1. The van der Waals surface area contributed by atoms with Gasteiger partial charge in [0, 0.05) is 30.0 Å². The van der Waals surface area contributed by atoms with Gasteiger partial charge in [0.25, 0.3) is 11.7 Å². The fourth-order valence-corrected chi connectivity index (χ4v) is 4.71. The highest BCUT2D eigenvalue weighted by molar-refractivity contribution is 6.51. The van der Waals surface area contributed by atoms with Gasteiger partial charge in [-0.1, -0.05) is 35.3 Å². The van der Waals surface area contributed by atoms with Crippen LogP contribution in [-0.4, -0.2) is 37.0 Å². The van der Waals surface area contributed by atoms with E-state index in [-0.39, 0.29) is 16.4 Å². The summed E-state index contributed by atoms with van der Waals surface area (Å²) < 4.78 is 5.24. The maximum absolute atomic E-state index is 13.3. The van der Waals surface area contributed by atoms with Crippen LogP contribution >= 0.6 is 23.2 Å². The molecule has 0 aliphatic carbocycles. The van der Waals surface area contributed by atoms with Gasteiger partial charge >= 0.3 is 0 Å². The van der Waals surface area contributed by atoms with Crippen LogP contribution in [0.15, 0.2) is 72.3 Å². The summed E-state index contributed by atoms with van der Waals surface area (Å²) in [6.45, 7) is 5.84. The van der Waals surface area contributed by atoms with E-state index < -0.39 is 17.7 Å². The molecule has 3 aromatic rings. The Morgan fingerprint density at radius 1 is 0.944 bits per heavy atom. The number of aliphatic hydroxyl groups is 1. The lowest BCUT2D eigenvalue weighted by Gasteiger charge is -2.27. The summed E-state index contributed by atoms with van der Waals surface area (Å²) in [5, 5.41) is 11.8. The Kier molecular flexibility index (Phi) is 7.57. The van der Waals surface area contributed by atoms with Crippen LogP contribution in [0.25, 0.3) is 5.76 Å². The molecule has 1 heterocycles. The van der Waals surface area contributed by atoms with Crippen LogP contribution in [0.1, 0.15) is 31.0 Å². The minimum absolute atomic E-state index is 0.0233. The second-order valence-corrected chi connectivity index (χ2v) is 9.07. The summed E-state index contributed by atoms with van der Waals surface area (Å²) in [6.07, 6.45) is 0. The maximum Gasteiger partial charge on any atom is 0.300 e. The van der Waals surface area contributed by atoms with Crippen molar-refractivity contribution in [3.8, 4) is 5.75 Å². The molecule has 0 radical (unpaired) electrons. The third kappa shape index (κ3) is 4.66. The smallest absolute Gasteiger partial charge is 0.300 e. The lowest BCUT2D eigenvalue weighted by molar-refractivity contribution is -0.132. The first-order valence-corrected chi connectivity index (χ1v) is 12.3. The van der Waals surface area contributed by atoms with E-state index in [1.54, 1.807) is 37.4 Å². The van der Waals surface area contributed by atoms with E-state index >= 15 is 0 Å². The Balaban J connectivity index is 1.89. The Morgan fingerprint density at radius 2 is 1.58 bits per heavy atom. The lowest BCUT2D eigenvalue weighted by atomic mass is 9.95. The number of amides is 1. The molecule has 1 saturated heterocycles. The number of Topliss-reactive ketones (excluding diaryl/α,β-unsaturated/α-hetero) is 1. The molecule has 1 aliphatic heterocycles. The average Bonchev–Trinajstić information content (AvgIpc) is 3.16. The SMILES string of the molecule is CCN(CC)c1ccc(C2/C(=C(/O)c3ccc(Cl)c(Cl)c3)C(=O)C(=O)N2c2ccc(OC)cc2)cc1. The topological polar surface area (TPSA) is 70.1 Å². The molecule has 4 rings (SSSR count). The minimum atomic E-state index is -0.849. The van der Waals surface area contributed by atoms with Crippen molar-refractivity contribution >= 4 is 52.0 Å². The number of carbonyl (C=O) groups is 2. The molecule has 1 aliphatic rings. The van der Waals surface area contributed by atoms with E-state index in [1.165, 1.54) is 17.0 Å². The summed E-state index contributed by atoms with van der Waals surface area (Å²) in [7, 11) is 1.55. The van der Waals surface area contributed by atoms with Gasteiger partial charge < -0.3 is 14.7 Å². The first-order chi connectivity index (χ1) is 17.3. The molecular weight excluding hydrogens is 499 g/mol. The van der Waals surface area contributed by atoms with Gasteiger partial charge in [-0.05, 0) is 74.0 Å². The number of aliphatic hydroxyl groups excluding tert-OH is 1. The number of hydrogen-bond donors (Lipinski definition) is 1. The van der Waals surface area contributed by atoms with Crippen LogP contribution in [0.2, 0.25) is 10.0 Å². The predicted octanol–water partition coefficient (Wildman–Crippen LogP) is 6.47. The van der Waals surface area contributed by atoms with Crippen LogP contribution in [0.4, 0.5) is 11.4 Å².